The van der Waals surface area contributed by atoms with Crippen molar-refractivity contribution in [2.45, 2.75) is 192 Å². The largest absolute Gasteiger partial charge is 0.497 e. The molecule has 2 fully saturated rings. The number of hydrogen-bond acceptors (Lipinski definition) is 14. The zero-order chi connectivity index (χ0) is 55.3. The highest BCUT2D eigenvalue weighted by Gasteiger charge is 2.50. The predicted molar refractivity (Wildman–Crippen MR) is 300 cm³/mol. The van der Waals surface area contributed by atoms with Crippen molar-refractivity contribution in [3.63, 3.8) is 0 Å². The zero-order valence-corrected chi connectivity index (χ0v) is 48.6. The van der Waals surface area contributed by atoms with Gasteiger partial charge in [-0.3, -0.25) is 9.69 Å². The second kappa shape index (κ2) is 28.5. The molecular weight excluding hydrogens is 972 g/mol. The number of cyclic esters (lactones) is 1. The normalized spacial score (nSPS) is 31.8. The Kier molecular flexibility index (Phi) is 23.7. The Morgan fingerprint density at radius 3 is 1.63 bits per heavy atom. The second-order valence-corrected chi connectivity index (χ2v) is 26.2. The summed E-state index contributed by atoms with van der Waals surface area (Å²) < 4.78 is 35.5. The summed E-state index contributed by atoms with van der Waals surface area (Å²) in [5.74, 6) is -0.291. The van der Waals surface area contributed by atoms with E-state index in [2.05, 4.69) is 77.7 Å². The number of benzene rings is 3. The number of carbonyl (C=O) groups is 1. The number of nitrogens with zero attached hydrogens (tertiary/aromatic N) is 2. The number of unbranched alkanes of at least 4 members (excludes halogenated alkanes) is 7. The van der Waals surface area contributed by atoms with Crippen LogP contribution in [0.5, 0.6) is 17.2 Å². The Balaban J connectivity index is 1.27. The van der Waals surface area contributed by atoms with E-state index in [4.69, 9.17) is 28.4 Å². The molecule has 0 spiro atoms. The summed E-state index contributed by atoms with van der Waals surface area (Å²) in [6, 6.07) is 25.0. The number of carbonyl (C=O) groups excluding carboxylic acids is 1. The topological polar surface area (TPSA) is 180 Å². The minimum absolute atomic E-state index is 0.150. The Bertz CT molecular complexity index is 2030. The lowest BCUT2D eigenvalue weighted by Gasteiger charge is -2.46. The second-order valence-electron chi connectivity index (χ2n) is 22.6. The third kappa shape index (κ3) is 15.7. The summed E-state index contributed by atoms with van der Waals surface area (Å²) in [6.45, 7) is 15.3. The van der Waals surface area contributed by atoms with Gasteiger partial charge >= 0.3 is 5.97 Å². The monoisotopic (exact) mass is 1070 g/mol. The molecule has 0 aromatic heterocycles. The minimum Gasteiger partial charge on any atom is -0.497 e. The summed E-state index contributed by atoms with van der Waals surface area (Å²) in [5.41, 5.74) is -3.37. The van der Waals surface area contributed by atoms with Crippen LogP contribution in [-0.4, -0.2) is 162 Å². The van der Waals surface area contributed by atoms with E-state index in [1.165, 1.54) is 22.8 Å². The van der Waals surface area contributed by atoms with E-state index in [0.29, 0.717) is 19.5 Å². The summed E-state index contributed by atoms with van der Waals surface area (Å²) in [7, 11) is 6.80. The van der Waals surface area contributed by atoms with Crippen LogP contribution < -0.4 is 30.1 Å². The molecule has 14 atom stereocenters. The molecule has 0 saturated carbocycles. The number of esters is 1. The first-order chi connectivity index (χ1) is 35.5. The number of likely N-dealkylation sites (N-methyl/N-ethyl adjacent to an activating group) is 1. The van der Waals surface area contributed by atoms with E-state index in [1.807, 2.05) is 39.8 Å². The van der Waals surface area contributed by atoms with Crippen LogP contribution in [0.2, 0.25) is 0 Å². The van der Waals surface area contributed by atoms with Crippen LogP contribution in [-0.2, 0) is 19.0 Å². The maximum atomic E-state index is 13.8. The van der Waals surface area contributed by atoms with Crippen molar-refractivity contribution in [1.29, 1.82) is 0 Å². The van der Waals surface area contributed by atoms with Crippen molar-refractivity contribution in [1.82, 2.24) is 9.80 Å². The molecule has 3 aromatic carbocycles. The number of aliphatic hydroxyl groups excluding tert-OH is 3. The summed E-state index contributed by atoms with van der Waals surface area (Å²) in [5, 5.41) is 63.8. The van der Waals surface area contributed by atoms with Crippen molar-refractivity contribution >= 4 is 29.1 Å². The first-order valence-electron chi connectivity index (χ1n) is 27.8. The lowest BCUT2D eigenvalue weighted by atomic mass is 9.78. The average Bonchev–Trinajstić information content (AvgIpc) is 3.39. The van der Waals surface area contributed by atoms with Crippen molar-refractivity contribution in [2.75, 3.05) is 54.7 Å². The summed E-state index contributed by atoms with van der Waals surface area (Å²) in [6.07, 6.45) is 3.37. The van der Waals surface area contributed by atoms with Crippen molar-refractivity contribution < 1.29 is 58.7 Å². The molecule has 0 unspecified atom stereocenters. The van der Waals surface area contributed by atoms with Gasteiger partial charge < -0.3 is 58.9 Å². The molecule has 15 heteroatoms. The smallest absolute Gasteiger partial charge is 0.311 e. The third-order valence-corrected chi connectivity index (χ3v) is 21.0. The molecule has 2 aliphatic heterocycles. The van der Waals surface area contributed by atoms with Crippen molar-refractivity contribution in [2.24, 2.45) is 17.8 Å². The quantitative estimate of drug-likeness (QED) is 0.0403. The van der Waals surface area contributed by atoms with E-state index in [1.54, 1.807) is 49.0 Å². The molecule has 2 aliphatic rings. The molecule has 5 rings (SSSR count). The zero-order valence-electron chi connectivity index (χ0n) is 47.7. The third-order valence-electron chi connectivity index (χ3n) is 16.5. The molecule has 2 saturated heterocycles. The van der Waals surface area contributed by atoms with Crippen LogP contribution in [0.15, 0.2) is 72.8 Å². The first-order valence-corrected chi connectivity index (χ1v) is 29.8. The van der Waals surface area contributed by atoms with Crippen LogP contribution in [0.3, 0.4) is 0 Å². The number of methoxy groups -OCH3 is 3. The van der Waals surface area contributed by atoms with Crippen LogP contribution in [0.25, 0.3) is 0 Å². The fourth-order valence-electron chi connectivity index (χ4n) is 12.0. The van der Waals surface area contributed by atoms with Gasteiger partial charge in [-0.15, -0.1) is 0 Å². The Labute approximate surface area is 450 Å². The maximum absolute atomic E-state index is 13.8. The van der Waals surface area contributed by atoms with Crippen LogP contribution in [0.4, 0.5) is 0 Å². The van der Waals surface area contributed by atoms with Gasteiger partial charge in [-0.05, 0) is 172 Å². The molecule has 422 valence electrons. The summed E-state index contributed by atoms with van der Waals surface area (Å²) >= 11 is 0. The van der Waals surface area contributed by atoms with Gasteiger partial charge in [0.15, 0.2) is 6.29 Å². The number of aliphatic hydroxyl groups is 5. The SMILES string of the molecule is CC[C@H]1OC(=O)[C@H](C)[C@@H](O)[C@H](C)[C@@H](O[C@@H]2O[C@H](C)C[C@H](N(C)C)[C@H]2O)[C@](C)(O)C[C@@H](C)CN(CCCCCCCCCC[P+](c2ccc(OC)cc2)(c2ccc(OC)cc2)c2ccc(OC)cc2)[C@H](C)[C@@H](O)[C@]1(C)O. The highest BCUT2D eigenvalue weighted by atomic mass is 31.2. The molecule has 3 aromatic rings. The molecule has 5 N–H and O–H groups in total. The van der Waals surface area contributed by atoms with E-state index in [-0.39, 0.29) is 30.9 Å². The Morgan fingerprint density at radius 1 is 0.707 bits per heavy atom. The van der Waals surface area contributed by atoms with Gasteiger partial charge in [0, 0.05) is 24.5 Å². The van der Waals surface area contributed by atoms with E-state index in [9.17, 15) is 30.3 Å². The van der Waals surface area contributed by atoms with E-state index >= 15 is 0 Å². The Hall–Kier alpha value is -3.40. The standard InChI is InChI=1S/C60H96N2O12P/c1-14-52-60(8,68)55(65)44(6)62(39-40(2)38-59(7,67)56(42(4)53(63)43(5)57(66)73-52)74-58-54(64)51(61(9)10)37-41(3)72-58)35-21-19-17-15-16-18-20-22-36-75(48-29-23-45(69-11)24-30-48,49-31-25-46(70-12)26-32-49)50-33-27-47(71-13)28-34-50/h23-34,40-44,51-56,58,63-65,67-68H,14-22,35-39H2,1-13H3/q+1/t40-,41-,42+,43-,44-,51+,52-,53+,54-,55-,56-,58+,59-,60-/m1/s1. The highest BCUT2D eigenvalue weighted by molar-refractivity contribution is 7.95. The molecule has 14 nitrogen and oxygen atoms in total. The van der Waals surface area contributed by atoms with Crippen LogP contribution in [0, 0.1) is 17.8 Å². The molecule has 0 bridgehead atoms. The summed E-state index contributed by atoms with van der Waals surface area (Å²) in [4.78, 5) is 17.9. The van der Waals surface area contributed by atoms with Gasteiger partial charge in [0.2, 0.25) is 0 Å². The molecule has 0 radical (unpaired) electrons. The van der Waals surface area contributed by atoms with E-state index < -0.39 is 79.1 Å². The fourth-order valence-corrected chi connectivity index (χ4v) is 16.3. The first kappa shape index (κ1) is 62.4. The van der Waals surface area contributed by atoms with Gasteiger partial charge in [0.25, 0.3) is 0 Å². The van der Waals surface area contributed by atoms with Gasteiger partial charge in [0.05, 0.1) is 57.3 Å². The van der Waals surface area contributed by atoms with Crippen LogP contribution >= 0.6 is 7.26 Å². The molecule has 2 heterocycles. The van der Waals surface area contributed by atoms with Gasteiger partial charge in [-0.25, -0.2) is 0 Å². The lowest BCUT2D eigenvalue weighted by Crippen LogP contribution is -2.59. The number of rotatable bonds is 21. The fraction of sp³-hybridized carbons (Fsp3) is 0.683. The maximum Gasteiger partial charge on any atom is 0.311 e. The average molecular weight is 1070 g/mol. The van der Waals surface area contributed by atoms with E-state index in [0.717, 1.165) is 74.8 Å². The van der Waals surface area contributed by atoms with Crippen LogP contribution in [0.1, 0.15) is 126 Å². The van der Waals surface area contributed by atoms with Gasteiger partial charge in [0.1, 0.15) is 64.3 Å². The van der Waals surface area contributed by atoms with Gasteiger partial charge in [-0.2, -0.15) is 0 Å². The molecular formula is C60H96N2O12P+. The molecule has 75 heavy (non-hydrogen) atoms. The minimum atomic E-state index is -2.09. The predicted octanol–water partition coefficient (Wildman–Crippen LogP) is 7.49. The highest BCUT2D eigenvalue weighted by Crippen LogP contribution is 2.56. The van der Waals surface area contributed by atoms with Gasteiger partial charge in [-0.1, -0.05) is 52.9 Å². The number of hydrogen-bond donors (Lipinski definition) is 5. The number of ether oxygens (including phenoxy) is 6. The van der Waals surface area contributed by atoms with Crippen molar-refractivity contribution in [3.8, 4) is 17.2 Å². The lowest BCUT2D eigenvalue weighted by molar-refractivity contribution is -0.299. The molecule has 0 amide bonds. The Morgan fingerprint density at radius 2 is 1.17 bits per heavy atom. The van der Waals surface area contributed by atoms with Crippen molar-refractivity contribution in [3.05, 3.63) is 72.8 Å². The molecule has 0 aliphatic carbocycles.